The average Bonchev–Trinajstić information content (AvgIpc) is 2.01. The maximum Gasteiger partial charge on any atom is 0.0902 e. The lowest BCUT2D eigenvalue weighted by atomic mass is 9.84. The van der Waals surface area contributed by atoms with Crippen molar-refractivity contribution < 1.29 is 10.2 Å². The lowest BCUT2D eigenvalue weighted by Gasteiger charge is -2.33. The van der Waals surface area contributed by atoms with Crippen molar-refractivity contribution in [2.45, 2.75) is 52.2 Å². The van der Waals surface area contributed by atoms with Gasteiger partial charge in [0, 0.05) is 0 Å². The van der Waals surface area contributed by atoms with Crippen molar-refractivity contribution in [2.24, 2.45) is 5.92 Å². The van der Waals surface area contributed by atoms with Crippen LogP contribution in [0.5, 0.6) is 0 Å². The first-order chi connectivity index (χ1) is 4.98. The number of aliphatic hydroxyl groups excluding tert-OH is 1. The Bertz CT molecular complexity index is 106. The Hall–Kier alpha value is -0.0800. The van der Waals surface area contributed by atoms with Crippen LogP contribution in [0.4, 0.5) is 0 Å². The number of hydrogen-bond donors (Lipinski definition) is 2. The molecule has 0 radical (unpaired) electrons. The molecule has 2 N–H and O–H groups in total. The van der Waals surface area contributed by atoms with Gasteiger partial charge in [0.25, 0.3) is 0 Å². The molecule has 0 aromatic rings. The molecule has 0 aliphatic carbocycles. The SMILES string of the molecule is CCC(O)(CC)C(O)C(C)C. The molecule has 2 heteroatoms. The van der Waals surface area contributed by atoms with Crippen LogP contribution < -0.4 is 0 Å². The molecule has 0 spiro atoms. The molecule has 1 atom stereocenters. The smallest absolute Gasteiger partial charge is 0.0902 e. The molecule has 0 aromatic heterocycles. The van der Waals surface area contributed by atoms with Crippen molar-refractivity contribution >= 4 is 0 Å². The van der Waals surface area contributed by atoms with Gasteiger partial charge < -0.3 is 10.2 Å². The molecule has 0 fully saturated rings. The third-order valence-electron chi connectivity index (χ3n) is 2.41. The third kappa shape index (κ3) is 2.46. The van der Waals surface area contributed by atoms with Crippen LogP contribution in [-0.4, -0.2) is 21.9 Å². The van der Waals surface area contributed by atoms with Gasteiger partial charge in [0.15, 0.2) is 0 Å². The Labute approximate surface area is 69.2 Å². The number of aliphatic hydroxyl groups is 2. The normalized spacial score (nSPS) is 15.5. The molecule has 0 aliphatic rings. The molecule has 1 unspecified atom stereocenters. The van der Waals surface area contributed by atoms with E-state index in [4.69, 9.17) is 0 Å². The van der Waals surface area contributed by atoms with Crippen LogP contribution in [0.25, 0.3) is 0 Å². The average molecular weight is 160 g/mol. The Morgan fingerprint density at radius 1 is 1.18 bits per heavy atom. The van der Waals surface area contributed by atoms with E-state index in [0.29, 0.717) is 12.8 Å². The van der Waals surface area contributed by atoms with Crippen LogP contribution >= 0.6 is 0 Å². The minimum Gasteiger partial charge on any atom is -0.390 e. The summed E-state index contributed by atoms with van der Waals surface area (Å²) in [6.07, 6.45) is 0.628. The molecule has 0 amide bonds. The van der Waals surface area contributed by atoms with E-state index in [0.717, 1.165) is 0 Å². The predicted octanol–water partition coefficient (Wildman–Crippen LogP) is 1.55. The highest BCUT2D eigenvalue weighted by Gasteiger charge is 2.33. The quantitative estimate of drug-likeness (QED) is 0.655. The molecule has 68 valence electrons. The molecule has 0 bridgehead atoms. The zero-order valence-electron chi connectivity index (χ0n) is 7.96. The maximum atomic E-state index is 9.82. The van der Waals surface area contributed by atoms with Crippen LogP contribution in [0.2, 0.25) is 0 Å². The minimum atomic E-state index is -0.881. The highest BCUT2D eigenvalue weighted by atomic mass is 16.3. The summed E-state index contributed by atoms with van der Waals surface area (Å²) in [4.78, 5) is 0. The lowest BCUT2D eigenvalue weighted by molar-refractivity contribution is -0.0988. The summed E-state index contributed by atoms with van der Waals surface area (Å²) in [5.74, 6) is 0.125. The molecule has 11 heavy (non-hydrogen) atoms. The summed E-state index contributed by atoms with van der Waals surface area (Å²) in [6.45, 7) is 7.63. The second-order valence-electron chi connectivity index (χ2n) is 3.50. The van der Waals surface area contributed by atoms with E-state index >= 15 is 0 Å². The number of rotatable bonds is 4. The van der Waals surface area contributed by atoms with Gasteiger partial charge in [-0.15, -0.1) is 0 Å². The minimum absolute atomic E-state index is 0.125. The second kappa shape index (κ2) is 4.07. The zero-order valence-corrected chi connectivity index (χ0v) is 7.96. The van der Waals surface area contributed by atoms with Crippen LogP contribution in [0.3, 0.4) is 0 Å². The topological polar surface area (TPSA) is 40.5 Å². The molecule has 0 aromatic carbocycles. The largest absolute Gasteiger partial charge is 0.390 e. The van der Waals surface area contributed by atoms with Crippen molar-refractivity contribution in [3.05, 3.63) is 0 Å². The van der Waals surface area contributed by atoms with E-state index in [9.17, 15) is 10.2 Å². The summed E-state index contributed by atoms with van der Waals surface area (Å²) < 4.78 is 0. The Kier molecular flexibility index (Phi) is 4.04. The Balaban J connectivity index is 4.24. The molecule has 2 nitrogen and oxygen atoms in total. The van der Waals surface area contributed by atoms with Gasteiger partial charge in [-0.2, -0.15) is 0 Å². The first-order valence-corrected chi connectivity index (χ1v) is 4.38. The molecule has 0 heterocycles. The fourth-order valence-corrected chi connectivity index (χ4v) is 1.29. The van der Waals surface area contributed by atoms with Crippen molar-refractivity contribution in [1.29, 1.82) is 0 Å². The van der Waals surface area contributed by atoms with Gasteiger partial charge in [0.2, 0.25) is 0 Å². The Morgan fingerprint density at radius 2 is 1.55 bits per heavy atom. The third-order valence-corrected chi connectivity index (χ3v) is 2.41. The van der Waals surface area contributed by atoms with Gasteiger partial charge in [0.1, 0.15) is 0 Å². The monoisotopic (exact) mass is 160 g/mol. The van der Waals surface area contributed by atoms with Crippen LogP contribution in [0.1, 0.15) is 40.5 Å². The van der Waals surface area contributed by atoms with Crippen molar-refractivity contribution in [3.63, 3.8) is 0 Å². The van der Waals surface area contributed by atoms with E-state index < -0.39 is 11.7 Å². The van der Waals surface area contributed by atoms with Crippen molar-refractivity contribution in [3.8, 4) is 0 Å². The van der Waals surface area contributed by atoms with Crippen LogP contribution in [0.15, 0.2) is 0 Å². The molecule has 0 saturated heterocycles. The molecule has 0 aliphatic heterocycles. The molecule has 0 saturated carbocycles. The second-order valence-corrected chi connectivity index (χ2v) is 3.50. The van der Waals surface area contributed by atoms with Gasteiger partial charge >= 0.3 is 0 Å². The zero-order chi connectivity index (χ0) is 9.07. The highest BCUT2D eigenvalue weighted by Crippen LogP contribution is 2.24. The van der Waals surface area contributed by atoms with Gasteiger partial charge in [0.05, 0.1) is 11.7 Å². The van der Waals surface area contributed by atoms with Gasteiger partial charge in [-0.05, 0) is 18.8 Å². The van der Waals surface area contributed by atoms with Crippen molar-refractivity contribution in [2.75, 3.05) is 0 Å². The van der Waals surface area contributed by atoms with Gasteiger partial charge in [-0.25, -0.2) is 0 Å². The predicted molar refractivity (Wildman–Crippen MR) is 46.4 cm³/mol. The van der Waals surface area contributed by atoms with E-state index in [-0.39, 0.29) is 5.92 Å². The molecule has 0 rings (SSSR count). The van der Waals surface area contributed by atoms with Gasteiger partial charge in [-0.3, -0.25) is 0 Å². The summed E-state index contributed by atoms with van der Waals surface area (Å²) in [5.41, 5.74) is -0.881. The summed E-state index contributed by atoms with van der Waals surface area (Å²) in [6, 6.07) is 0. The maximum absolute atomic E-state index is 9.82. The van der Waals surface area contributed by atoms with Crippen molar-refractivity contribution in [1.82, 2.24) is 0 Å². The molecular formula is C9H20O2. The van der Waals surface area contributed by atoms with E-state index in [1.165, 1.54) is 0 Å². The lowest BCUT2D eigenvalue weighted by Crippen LogP contribution is -2.44. The fraction of sp³-hybridized carbons (Fsp3) is 1.00. The summed E-state index contributed by atoms with van der Waals surface area (Å²) in [7, 11) is 0. The van der Waals surface area contributed by atoms with E-state index in [2.05, 4.69) is 0 Å². The van der Waals surface area contributed by atoms with Crippen LogP contribution in [-0.2, 0) is 0 Å². The highest BCUT2D eigenvalue weighted by molar-refractivity contribution is 4.85. The Morgan fingerprint density at radius 3 is 1.64 bits per heavy atom. The summed E-state index contributed by atoms with van der Waals surface area (Å²) in [5, 5.41) is 19.4. The van der Waals surface area contributed by atoms with E-state index in [1.807, 2.05) is 27.7 Å². The molecular weight excluding hydrogens is 140 g/mol. The number of hydrogen-bond acceptors (Lipinski definition) is 2. The van der Waals surface area contributed by atoms with Gasteiger partial charge in [-0.1, -0.05) is 27.7 Å². The fourth-order valence-electron chi connectivity index (χ4n) is 1.29. The standard InChI is InChI=1S/C9H20O2/c1-5-9(11,6-2)8(10)7(3)4/h7-8,10-11H,5-6H2,1-4H3. The van der Waals surface area contributed by atoms with E-state index in [1.54, 1.807) is 0 Å². The first-order valence-electron chi connectivity index (χ1n) is 4.38. The summed E-state index contributed by atoms with van der Waals surface area (Å²) >= 11 is 0. The first kappa shape index (κ1) is 10.9. The van der Waals surface area contributed by atoms with Crippen LogP contribution in [0, 0.1) is 5.92 Å².